The Morgan fingerprint density at radius 3 is 2.75 bits per heavy atom. The Hall–Kier alpha value is -1.08. The average molecular weight is 319 g/mol. The van der Waals surface area contributed by atoms with Gasteiger partial charge in [0.2, 0.25) is 5.95 Å². The predicted molar refractivity (Wildman–Crippen MR) is 81.1 cm³/mol. The highest BCUT2D eigenvalue weighted by molar-refractivity contribution is 7.91. The van der Waals surface area contributed by atoms with E-state index in [1.807, 2.05) is 0 Å². The van der Waals surface area contributed by atoms with Gasteiger partial charge < -0.3 is 10.6 Å². The molecule has 112 valence electrons. The smallest absolute Gasteiger partial charge is 0.224 e. The molecule has 2 heterocycles. The van der Waals surface area contributed by atoms with Crippen molar-refractivity contribution in [3.63, 3.8) is 0 Å². The topological polar surface area (TPSA) is 84.0 Å². The molecular weight excluding hydrogens is 300 g/mol. The molecule has 0 unspecified atom stereocenters. The minimum atomic E-state index is -2.86. The second-order valence-electron chi connectivity index (χ2n) is 4.89. The summed E-state index contributed by atoms with van der Waals surface area (Å²) in [5.41, 5.74) is 0. The molecule has 2 N–H and O–H groups in total. The van der Waals surface area contributed by atoms with Gasteiger partial charge in [0.1, 0.15) is 14.9 Å². The lowest BCUT2D eigenvalue weighted by Gasteiger charge is -2.24. The third kappa shape index (κ3) is 4.21. The van der Waals surface area contributed by atoms with E-state index in [1.165, 1.54) is 0 Å². The molecule has 1 aliphatic rings. The molecule has 0 bridgehead atoms. The highest BCUT2D eigenvalue weighted by Crippen LogP contribution is 2.23. The first-order chi connectivity index (χ1) is 9.50. The quantitative estimate of drug-likeness (QED) is 0.863. The van der Waals surface area contributed by atoms with Crippen LogP contribution in [0.25, 0.3) is 0 Å². The van der Waals surface area contributed by atoms with Crippen LogP contribution in [-0.2, 0) is 9.84 Å². The average Bonchev–Trinajstić information content (AvgIpc) is 2.42. The van der Waals surface area contributed by atoms with Crippen molar-refractivity contribution in [1.29, 1.82) is 0 Å². The Morgan fingerprint density at radius 1 is 1.40 bits per heavy atom. The molecule has 20 heavy (non-hydrogen) atoms. The van der Waals surface area contributed by atoms with Gasteiger partial charge in [-0.2, -0.15) is 4.98 Å². The van der Waals surface area contributed by atoms with Crippen LogP contribution < -0.4 is 10.6 Å². The molecular formula is C12H19ClN4O2S. The van der Waals surface area contributed by atoms with E-state index in [4.69, 9.17) is 11.6 Å². The summed E-state index contributed by atoms with van der Waals surface area (Å²) < 4.78 is 22.8. The zero-order chi connectivity index (χ0) is 14.6. The number of halogens is 1. The molecule has 0 amide bonds. The maximum Gasteiger partial charge on any atom is 0.224 e. The predicted octanol–water partition coefficient (Wildman–Crippen LogP) is 1.94. The number of hydrogen-bond acceptors (Lipinski definition) is 6. The summed E-state index contributed by atoms with van der Waals surface area (Å²) in [7, 11) is -2.86. The van der Waals surface area contributed by atoms with Crippen LogP contribution in [0.15, 0.2) is 6.20 Å². The van der Waals surface area contributed by atoms with Crippen molar-refractivity contribution in [2.45, 2.75) is 32.2 Å². The summed E-state index contributed by atoms with van der Waals surface area (Å²) >= 11 is 6.07. The van der Waals surface area contributed by atoms with Gasteiger partial charge in [0, 0.05) is 12.6 Å². The van der Waals surface area contributed by atoms with Gasteiger partial charge in [0.05, 0.1) is 17.7 Å². The molecule has 6 nitrogen and oxygen atoms in total. The molecule has 0 aromatic carbocycles. The summed E-state index contributed by atoms with van der Waals surface area (Å²) in [4.78, 5) is 8.43. The lowest BCUT2D eigenvalue weighted by Crippen LogP contribution is -2.32. The van der Waals surface area contributed by atoms with Crippen LogP contribution in [-0.4, -0.2) is 42.5 Å². The van der Waals surface area contributed by atoms with Crippen molar-refractivity contribution in [3.8, 4) is 0 Å². The van der Waals surface area contributed by atoms with Crippen molar-refractivity contribution < 1.29 is 8.42 Å². The fourth-order valence-corrected chi connectivity index (χ4v) is 3.66. The molecule has 1 aromatic heterocycles. The molecule has 1 aliphatic heterocycles. The zero-order valence-corrected chi connectivity index (χ0v) is 13.0. The largest absolute Gasteiger partial charge is 0.366 e. The van der Waals surface area contributed by atoms with Crippen molar-refractivity contribution in [1.82, 2.24) is 9.97 Å². The molecule has 0 atom stereocenters. The summed E-state index contributed by atoms with van der Waals surface area (Å²) in [5.74, 6) is 1.52. The van der Waals surface area contributed by atoms with Crippen LogP contribution in [0.2, 0.25) is 5.02 Å². The van der Waals surface area contributed by atoms with E-state index in [0.29, 0.717) is 29.6 Å². The SMILES string of the molecule is CCCNc1ncc(Cl)c(NC2CCS(=O)(=O)CC2)n1. The lowest BCUT2D eigenvalue weighted by molar-refractivity contribution is 0.559. The summed E-state index contributed by atoms with van der Waals surface area (Å²) in [6.45, 7) is 2.85. The summed E-state index contributed by atoms with van der Waals surface area (Å²) in [5, 5.41) is 6.76. The fourth-order valence-electron chi connectivity index (χ4n) is 2.02. The minimum Gasteiger partial charge on any atom is -0.366 e. The van der Waals surface area contributed by atoms with Crippen LogP contribution in [0.5, 0.6) is 0 Å². The lowest BCUT2D eigenvalue weighted by atomic mass is 10.1. The number of anilines is 2. The monoisotopic (exact) mass is 318 g/mol. The van der Waals surface area contributed by atoms with E-state index in [0.717, 1.165) is 13.0 Å². The van der Waals surface area contributed by atoms with Gasteiger partial charge in [-0.15, -0.1) is 0 Å². The number of rotatable bonds is 5. The van der Waals surface area contributed by atoms with Gasteiger partial charge in [-0.25, -0.2) is 13.4 Å². The highest BCUT2D eigenvalue weighted by Gasteiger charge is 2.24. The molecule has 0 aliphatic carbocycles. The number of nitrogens with one attached hydrogen (secondary N) is 2. The molecule has 0 radical (unpaired) electrons. The van der Waals surface area contributed by atoms with Gasteiger partial charge in [-0.05, 0) is 19.3 Å². The molecule has 0 spiro atoms. The summed E-state index contributed by atoms with van der Waals surface area (Å²) in [6, 6.07) is 0.0879. The van der Waals surface area contributed by atoms with Gasteiger partial charge >= 0.3 is 0 Å². The molecule has 2 rings (SSSR count). The third-order valence-electron chi connectivity index (χ3n) is 3.17. The molecule has 1 aromatic rings. The number of nitrogens with zero attached hydrogens (tertiary/aromatic N) is 2. The highest BCUT2D eigenvalue weighted by atomic mass is 35.5. The van der Waals surface area contributed by atoms with E-state index in [1.54, 1.807) is 6.20 Å². The van der Waals surface area contributed by atoms with Crippen LogP contribution in [0, 0.1) is 0 Å². The fraction of sp³-hybridized carbons (Fsp3) is 0.667. The maximum atomic E-state index is 11.4. The second kappa shape index (κ2) is 6.58. The van der Waals surface area contributed by atoms with E-state index in [9.17, 15) is 8.42 Å². The first-order valence-corrected chi connectivity index (χ1v) is 8.93. The van der Waals surface area contributed by atoms with Crippen molar-refractivity contribution in [3.05, 3.63) is 11.2 Å². The first kappa shape index (κ1) is 15.3. The van der Waals surface area contributed by atoms with Gasteiger partial charge in [0.25, 0.3) is 0 Å². The molecule has 1 fully saturated rings. The zero-order valence-electron chi connectivity index (χ0n) is 11.4. The van der Waals surface area contributed by atoms with E-state index >= 15 is 0 Å². The number of aromatic nitrogens is 2. The van der Waals surface area contributed by atoms with Gasteiger partial charge in [0.15, 0.2) is 5.82 Å². The van der Waals surface area contributed by atoms with Crippen LogP contribution in [0.4, 0.5) is 11.8 Å². The Kier molecular flexibility index (Phi) is 5.04. The first-order valence-electron chi connectivity index (χ1n) is 6.73. The Labute approximate surface area is 124 Å². The Bertz CT molecular complexity index is 551. The minimum absolute atomic E-state index is 0.0879. The van der Waals surface area contributed by atoms with Crippen LogP contribution >= 0.6 is 11.6 Å². The van der Waals surface area contributed by atoms with E-state index in [2.05, 4.69) is 27.5 Å². The Morgan fingerprint density at radius 2 is 2.10 bits per heavy atom. The molecule has 1 saturated heterocycles. The third-order valence-corrected chi connectivity index (χ3v) is 5.16. The standard InChI is InChI=1S/C12H19ClN4O2S/c1-2-5-14-12-15-8-10(13)11(17-12)16-9-3-6-20(18,19)7-4-9/h8-9H,2-7H2,1H3,(H2,14,15,16,17). The molecule has 8 heteroatoms. The van der Waals surface area contributed by atoms with E-state index < -0.39 is 9.84 Å². The van der Waals surface area contributed by atoms with Crippen molar-refractivity contribution >= 4 is 33.2 Å². The number of hydrogen-bond donors (Lipinski definition) is 2. The Balaban J connectivity index is 2.01. The van der Waals surface area contributed by atoms with Crippen molar-refractivity contribution in [2.24, 2.45) is 0 Å². The number of sulfone groups is 1. The molecule has 0 saturated carbocycles. The van der Waals surface area contributed by atoms with Gasteiger partial charge in [-0.3, -0.25) is 0 Å². The second-order valence-corrected chi connectivity index (χ2v) is 7.60. The van der Waals surface area contributed by atoms with Crippen molar-refractivity contribution in [2.75, 3.05) is 28.7 Å². The summed E-state index contributed by atoms with van der Waals surface area (Å²) in [6.07, 6.45) is 3.70. The van der Waals surface area contributed by atoms with Crippen LogP contribution in [0.1, 0.15) is 26.2 Å². The normalized spacial score (nSPS) is 18.7. The van der Waals surface area contributed by atoms with E-state index in [-0.39, 0.29) is 17.5 Å². The van der Waals surface area contributed by atoms with Gasteiger partial charge in [-0.1, -0.05) is 18.5 Å². The maximum absolute atomic E-state index is 11.4. The van der Waals surface area contributed by atoms with Crippen LogP contribution in [0.3, 0.4) is 0 Å².